The van der Waals surface area contributed by atoms with Gasteiger partial charge < -0.3 is 15.0 Å². The number of anilines is 2. The van der Waals surface area contributed by atoms with Gasteiger partial charge in [0.15, 0.2) is 5.82 Å². The van der Waals surface area contributed by atoms with Gasteiger partial charge in [0.2, 0.25) is 5.91 Å². The van der Waals surface area contributed by atoms with Crippen LogP contribution in [0.3, 0.4) is 0 Å². The molecule has 0 radical (unpaired) electrons. The van der Waals surface area contributed by atoms with Crippen molar-refractivity contribution in [1.29, 1.82) is 0 Å². The van der Waals surface area contributed by atoms with E-state index in [2.05, 4.69) is 26.2 Å². The highest BCUT2D eigenvalue weighted by atomic mass is 79.9. The summed E-state index contributed by atoms with van der Waals surface area (Å²) in [5.41, 5.74) is 1.70. The molecule has 0 saturated carbocycles. The van der Waals surface area contributed by atoms with Crippen molar-refractivity contribution in [2.24, 2.45) is 5.92 Å². The lowest BCUT2D eigenvalue weighted by Gasteiger charge is -2.33. The van der Waals surface area contributed by atoms with E-state index in [-0.39, 0.29) is 17.5 Å². The van der Waals surface area contributed by atoms with Crippen LogP contribution in [0.25, 0.3) is 11.0 Å². The molecule has 0 bridgehead atoms. The van der Waals surface area contributed by atoms with Gasteiger partial charge in [-0.25, -0.2) is 14.4 Å². The van der Waals surface area contributed by atoms with E-state index in [1.807, 2.05) is 29.2 Å². The Morgan fingerprint density at radius 1 is 1.24 bits per heavy atom. The standard InChI is InChI=1S/C21H20BrFN4O2/c1-29-21-19(24-17-6-2-3-7-18(17)26-21)27-10-4-5-13(12-27)20(28)25-16-9-8-14(22)11-15(16)23/h2-3,6-9,11,13H,4-5,10,12H2,1H3,(H,25,28). The number of aromatic nitrogens is 2. The van der Waals surface area contributed by atoms with Crippen molar-refractivity contribution in [1.82, 2.24) is 9.97 Å². The SMILES string of the molecule is COc1nc2ccccc2nc1N1CCCC(C(=O)Nc2ccc(Br)cc2F)C1. The van der Waals surface area contributed by atoms with Gasteiger partial charge in [-0.1, -0.05) is 28.1 Å². The molecule has 1 N–H and O–H groups in total. The Bertz CT molecular complexity index is 1060. The molecule has 1 aliphatic rings. The average Bonchev–Trinajstić information content (AvgIpc) is 2.74. The first-order valence-corrected chi connectivity index (χ1v) is 10.2. The quantitative estimate of drug-likeness (QED) is 0.627. The number of nitrogens with one attached hydrogen (secondary N) is 1. The van der Waals surface area contributed by atoms with Crippen LogP contribution in [0.4, 0.5) is 15.9 Å². The van der Waals surface area contributed by atoms with Crippen molar-refractivity contribution in [2.45, 2.75) is 12.8 Å². The molecule has 3 aromatic rings. The van der Waals surface area contributed by atoms with Crippen molar-refractivity contribution in [2.75, 3.05) is 30.4 Å². The first-order valence-electron chi connectivity index (χ1n) is 9.37. The molecule has 4 rings (SSSR count). The molecule has 1 aromatic heterocycles. The predicted molar refractivity (Wildman–Crippen MR) is 114 cm³/mol. The van der Waals surface area contributed by atoms with Crippen molar-refractivity contribution < 1.29 is 13.9 Å². The van der Waals surface area contributed by atoms with Gasteiger partial charge in [-0.2, -0.15) is 0 Å². The van der Waals surface area contributed by atoms with Gasteiger partial charge in [0.1, 0.15) is 5.82 Å². The Labute approximate surface area is 176 Å². The van der Waals surface area contributed by atoms with Crippen LogP contribution >= 0.6 is 15.9 Å². The lowest BCUT2D eigenvalue weighted by atomic mass is 9.97. The van der Waals surface area contributed by atoms with Crippen molar-refractivity contribution in [3.8, 4) is 5.88 Å². The van der Waals surface area contributed by atoms with Crippen LogP contribution in [0.2, 0.25) is 0 Å². The second-order valence-electron chi connectivity index (χ2n) is 6.94. The van der Waals surface area contributed by atoms with Crippen LogP contribution in [-0.2, 0) is 4.79 Å². The number of piperidine rings is 1. The lowest BCUT2D eigenvalue weighted by Crippen LogP contribution is -2.41. The number of benzene rings is 2. The van der Waals surface area contributed by atoms with Crippen LogP contribution in [0.15, 0.2) is 46.9 Å². The molecule has 1 saturated heterocycles. The molecule has 1 unspecified atom stereocenters. The van der Waals surface area contributed by atoms with Crippen LogP contribution in [0.1, 0.15) is 12.8 Å². The lowest BCUT2D eigenvalue weighted by molar-refractivity contribution is -0.120. The highest BCUT2D eigenvalue weighted by molar-refractivity contribution is 9.10. The third-order valence-corrected chi connectivity index (χ3v) is 5.49. The summed E-state index contributed by atoms with van der Waals surface area (Å²) in [4.78, 5) is 24.0. The number of carbonyl (C=O) groups excluding carboxylic acids is 1. The number of halogens is 2. The van der Waals surface area contributed by atoms with Crippen molar-refractivity contribution >= 4 is 44.4 Å². The van der Waals surface area contributed by atoms with Gasteiger partial charge in [-0.15, -0.1) is 0 Å². The Balaban J connectivity index is 1.55. The van der Waals surface area contributed by atoms with E-state index < -0.39 is 5.82 Å². The Kier molecular flexibility index (Phi) is 5.62. The summed E-state index contributed by atoms with van der Waals surface area (Å²) < 4.78 is 20.2. The van der Waals surface area contributed by atoms with Crippen LogP contribution in [-0.4, -0.2) is 36.1 Å². The minimum absolute atomic E-state index is 0.179. The molecule has 1 fully saturated rings. The molecule has 8 heteroatoms. The third kappa shape index (κ3) is 4.17. The van der Waals surface area contributed by atoms with Crippen molar-refractivity contribution in [3.05, 3.63) is 52.8 Å². The molecule has 29 heavy (non-hydrogen) atoms. The Hall–Kier alpha value is -2.74. The fraction of sp³-hybridized carbons (Fsp3) is 0.286. The smallest absolute Gasteiger partial charge is 0.257 e. The highest BCUT2D eigenvalue weighted by Crippen LogP contribution is 2.31. The maximum Gasteiger partial charge on any atom is 0.257 e. The van der Waals surface area contributed by atoms with Gasteiger partial charge >= 0.3 is 0 Å². The zero-order chi connectivity index (χ0) is 20.4. The second-order valence-corrected chi connectivity index (χ2v) is 7.86. The monoisotopic (exact) mass is 458 g/mol. The first-order chi connectivity index (χ1) is 14.0. The minimum atomic E-state index is -0.470. The van der Waals surface area contributed by atoms with E-state index in [0.29, 0.717) is 22.7 Å². The minimum Gasteiger partial charge on any atom is -0.478 e. The van der Waals surface area contributed by atoms with Gasteiger partial charge in [-0.3, -0.25) is 4.79 Å². The molecule has 0 spiro atoms. The summed E-state index contributed by atoms with van der Waals surface area (Å²) in [6.45, 7) is 1.22. The number of methoxy groups -OCH3 is 1. The van der Waals surface area contributed by atoms with Crippen LogP contribution in [0, 0.1) is 11.7 Å². The fourth-order valence-corrected chi connectivity index (χ4v) is 3.86. The second kappa shape index (κ2) is 8.32. The van der Waals surface area contributed by atoms with E-state index in [9.17, 15) is 9.18 Å². The summed E-state index contributed by atoms with van der Waals surface area (Å²) in [5, 5.41) is 2.71. The number of hydrogen-bond donors (Lipinski definition) is 1. The summed E-state index contributed by atoms with van der Waals surface area (Å²) in [6.07, 6.45) is 1.54. The molecule has 2 heterocycles. The first kappa shape index (κ1) is 19.6. The zero-order valence-corrected chi connectivity index (χ0v) is 17.4. The molecule has 0 aliphatic carbocycles. The largest absolute Gasteiger partial charge is 0.478 e. The maximum absolute atomic E-state index is 14.1. The maximum atomic E-state index is 14.1. The molecule has 150 valence electrons. The van der Waals surface area contributed by atoms with Crippen LogP contribution < -0.4 is 15.0 Å². The number of nitrogens with zero attached hydrogens (tertiary/aromatic N) is 3. The molecular formula is C21H20BrFN4O2. The van der Waals surface area contributed by atoms with Gasteiger partial charge in [0, 0.05) is 17.6 Å². The summed E-state index contributed by atoms with van der Waals surface area (Å²) in [6, 6.07) is 12.2. The predicted octanol–water partition coefficient (Wildman–Crippen LogP) is 4.40. The number of rotatable bonds is 4. The van der Waals surface area contributed by atoms with E-state index in [1.165, 1.54) is 6.07 Å². The summed E-state index contributed by atoms with van der Waals surface area (Å²) in [7, 11) is 1.56. The third-order valence-electron chi connectivity index (χ3n) is 5.00. The van der Waals surface area contributed by atoms with Gasteiger partial charge in [0.25, 0.3) is 5.88 Å². The van der Waals surface area contributed by atoms with E-state index in [1.54, 1.807) is 19.2 Å². The molecule has 1 aliphatic heterocycles. The number of ether oxygens (including phenoxy) is 1. The summed E-state index contributed by atoms with van der Waals surface area (Å²) >= 11 is 3.22. The fourth-order valence-electron chi connectivity index (χ4n) is 3.53. The zero-order valence-electron chi connectivity index (χ0n) is 15.9. The highest BCUT2D eigenvalue weighted by Gasteiger charge is 2.29. The topological polar surface area (TPSA) is 67.4 Å². The van der Waals surface area contributed by atoms with E-state index >= 15 is 0 Å². The Morgan fingerprint density at radius 2 is 2.00 bits per heavy atom. The number of amides is 1. The number of fused-ring (bicyclic) bond motifs is 1. The van der Waals surface area contributed by atoms with Gasteiger partial charge in [-0.05, 0) is 43.2 Å². The summed E-state index contributed by atoms with van der Waals surface area (Å²) in [5.74, 6) is 0.0955. The molecule has 6 nitrogen and oxygen atoms in total. The Morgan fingerprint density at radius 3 is 2.72 bits per heavy atom. The van der Waals surface area contributed by atoms with Crippen molar-refractivity contribution in [3.63, 3.8) is 0 Å². The van der Waals surface area contributed by atoms with E-state index in [0.717, 1.165) is 30.4 Å². The van der Waals surface area contributed by atoms with Gasteiger partial charge in [0.05, 0.1) is 29.7 Å². The molecule has 2 aromatic carbocycles. The number of carbonyl (C=O) groups is 1. The number of hydrogen-bond acceptors (Lipinski definition) is 5. The van der Waals surface area contributed by atoms with Crippen LogP contribution in [0.5, 0.6) is 5.88 Å². The molecular weight excluding hydrogens is 439 g/mol. The normalized spacial score (nSPS) is 16.7. The molecule has 1 atom stereocenters. The number of para-hydroxylation sites is 2. The average molecular weight is 459 g/mol. The van der Waals surface area contributed by atoms with E-state index in [4.69, 9.17) is 9.72 Å². The molecule has 1 amide bonds.